The number of amidine groups is 1. The van der Waals surface area contributed by atoms with E-state index >= 15 is 0 Å². The van der Waals surface area contributed by atoms with Gasteiger partial charge in [0.1, 0.15) is 11.7 Å². The van der Waals surface area contributed by atoms with Crippen LogP contribution in [0.5, 0.6) is 0 Å². The molecule has 0 atom stereocenters. The second-order valence-electron chi connectivity index (χ2n) is 4.71. The number of hydrogen-bond donors (Lipinski definition) is 2. The van der Waals surface area contributed by atoms with E-state index in [4.69, 9.17) is 11.1 Å². The van der Waals surface area contributed by atoms with Gasteiger partial charge in [0.2, 0.25) is 0 Å². The van der Waals surface area contributed by atoms with Crippen LogP contribution in [-0.2, 0) is 0 Å². The zero-order valence-electron chi connectivity index (χ0n) is 10.7. The van der Waals surface area contributed by atoms with Gasteiger partial charge in [-0.1, -0.05) is 0 Å². The molecule has 0 unspecified atom stereocenters. The Balaban J connectivity index is 2.52. The van der Waals surface area contributed by atoms with Gasteiger partial charge in [0.15, 0.2) is 0 Å². The maximum Gasteiger partial charge on any atom is 0.140 e. The van der Waals surface area contributed by atoms with Crippen LogP contribution in [0.2, 0.25) is 0 Å². The molecule has 0 amide bonds. The van der Waals surface area contributed by atoms with Gasteiger partial charge >= 0.3 is 0 Å². The summed E-state index contributed by atoms with van der Waals surface area (Å²) in [7, 11) is 0. The Bertz CT molecular complexity index is 449. The van der Waals surface area contributed by atoms with E-state index in [1.54, 1.807) is 0 Å². The number of aryl methyl sites for hydroxylation is 2. The Labute approximate surface area is 102 Å². The van der Waals surface area contributed by atoms with E-state index in [1.807, 2.05) is 19.9 Å². The van der Waals surface area contributed by atoms with Gasteiger partial charge < -0.3 is 10.6 Å². The van der Waals surface area contributed by atoms with Crippen LogP contribution in [0, 0.1) is 19.3 Å². The number of rotatable bonds is 4. The van der Waals surface area contributed by atoms with Crippen molar-refractivity contribution in [2.24, 2.45) is 5.73 Å². The van der Waals surface area contributed by atoms with Gasteiger partial charge in [-0.3, -0.25) is 5.41 Å². The van der Waals surface area contributed by atoms with Crippen LogP contribution in [0.25, 0.3) is 0 Å². The highest BCUT2D eigenvalue weighted by atomic mass is 15.2. The zero-order chi connectivity index (χ0) is 12.6. The molecule has 0 saturated heterocycles. The third-order valence-electron chi connectivity index (χ3n) is 3.20. The topological polar surface area (TPSA) is 66.0 Å². The Morgan fingerprint density at radius 1 is 1.53 bits per heavy atom. The van der Waals surface area contributed by atoms with E-state index in [0.29, 0.717) is 6.04 Å². The van der Waals surface area contributed by atoms with Gasteiger partial charge in [-0.2, -0.15) is 0 Å². The molecule has 0 aliphatic heterocycles. The van der Waals surface area contributed by atoms with Gasteiger partial charge in [-0.05, 0) is 45.2 Å². The SMILES string of the molecule is CCN(c1nc(C)cc(C)c1C(=N)N)C1CC1. The second-order valence-corrected chi connectivity index (χ2v) is 4.71. The molecule has 4 nitrogen and oxygen atoms in total. The minimum Gasteiger partial charge on any atom is -0.384 e. The van der Waals surface area contributed by atoms with E-state index in [0.717, 1.165) is 29.2 Å². The molecule has 2 rings (SSSR count). The summed E-state index contributed by atoms with van der Waals surface area (Å²) in [6, 6.07) is 2.58. The average molecular weight is 232 g/mol. The molecule has 1 fully saturated rings. The molecule has 17 heavy (non-hydrogen) atoms. The van der Waals surface area contributed by atoms with Crippen molar-refractivity contribution in [3.63, 3.8) is 0 Å². The molecule has 1 aliphatic carbocycles. The molecule has 0 spiro atoms. The summed E-state index contributed by atoms with van der Waals surface area (Å²) in [5.74, 6) is 1.00. The van der Waals surface area contributed by atoms with E-state index in [9.17, 15) is 0 Å². The molecule has 3 N–H and O–H groups in total. The fraction of sp³-hybridized carbons (Fsp3) is 0.538. The standard InChI is InChI=1S/C13H20N4/c1-4-17(10-5-6-10)13-11(12(14)15)8(2)7-9(3)16-13/h7,10H,4-6H2,1-3H3,(H3,14,15). The highest BCUT2D eigenvalue weighted by molar-refractivity contribution is 6.01. The second kappa shape index (κ2) is 4.35. The maximum atomic E-state index is 7.73. The van der Waals surface area contributed by atoms with Crippen LogP contribution < -0.4 is 10.6 Å². The molecular weight excluding hydrogens is 212 g/mol. The lowest BCUT2D eigenvalue weighted by molar-refractivity contribution is 0.802. The predicted molar refractivity (Wildman–Crippen MR) is 70.8 cm³/mol. The van der Waals surface area contributed by atoms with Crippen LogP contribution in [-0.4, -0.2) is 23.4 Å². The monoisotopic (exact) mass is 232 g/mol. The zero-order valence-corrected chi connectivity index (χ0v) is 10.7. The third kappa shape index (κ3) is 2.25. The molecule has 1 aliphatic rings. The number of pyridine rings is 1. The van der Waals surface area contributed by atoms with Crippen molar-refractivity contribution >= 4 is 11.7 Å². The van der Waals surface area contributed by atoms with Crippen molar-refractivity contribution in [1.29, 1.82) is 5.41 Å². The molecular formula is C13H20N4. The fourth-order valence-corrected chi connectivity index (χ4v) is 2.32. The number of nitrogens with zero attached hydrogens (tertiary/aromatic N) is 2. The Kier molecular flexibility index (Phi) is 3.05. The summed E-state index contributed by atoms with van der Waals surface area (Å²) in [6.07, 6.45) is 2.44. The summed E-state index contributed by atoms with van der Waals surface area (Å²) in [5.41, 5.74) is 8.52. The summed E-state index contributed by atoms with van der Waals surface area (Å²) in [5, 5.41) is 7.73. The first-order valence-corrected chi connectivity index (χ1v) is 6.13. The molecule has 1 saturated carbocycles. The number of anilines is 1. The summed E-state index contributed by atoms with van der Waals surface area (Å²) < 4.78 is 0. The van der Waals surface area contributed by atoms with Crippen molar-refractivity contribution in [2.75, 3.05) is 11.4 Å². The van der Waals surface area contributed by atoms with Gasteiger partial charge in [-0.25, -0.2) is 4.98 Å². The van der Waals surface area contributed by atoms with E-state index < -0.39 is 0 Å². The van der Waals surface area contributed by atoms with Crippen LogP contribution in [0.1, 0.15) is 36.6 Å². The molecule has 4 heteroatoms. The minimum absolute atomic E-state index is 0.115. The highest BCUT2D eigenvalue weighted by Crippen LogP contribution is 2.33. The molecule has 1 heterocycles. The maximum absolute atomic E-state index is 7.73. The smallest absolute Gasteiger partial charge is 0.140 e. The van der Waals surface area contributed by atoms with E-state index in [1.165, 1.54) is 12.8 Å². The first kappa shape index (κ1) is 11.9. The molecule has 1 aromatic rings. The van der Waals surface area contributed by atoms with E-state index in [-0.39, 0.29) is 5.84 Å². The van der Waals surface area contributed by atoms with Gasteiger partial charge in [0, 0.05) is 18.3 Å². The quantitative estimate of drug-likeness (QED) is 0.616. The molecule has 0 bridgehead atoms. The van der Waals surface area contributed by atoms with Crippen LogP contribution in [0.4, 0.5) is 5.82 Å². The van der Waals surface area contributed by atoms with Crippen molar-refractivity contribution in [1.82, 2.24) is 4.98 Å². The molecule has 1 aromatic heterocycles. The van der Waals surface area contributed by atoms with Crippen molar-refractivity contribution in [2.45, 2.75) is 39.7 Å². The van der Waals surface area contributed by atoms with Crippen molar-refractivity contribution < 1.29 is 0 Å². The Morgan fingerprint density at radius 2 is 2.18 bits per heavy atom. The van der Waals surface area contributed by atoms with Gasteiger partial charge in [-0.15, -0.1) is 0 Å². The van der Waals surface area contributed by atoms with Gasteiger partial charge in [0.05, 0.1) is 5.56 Å². The number of aromatic nitrogens is 1. The molecule has 0 aromatic carbocycles. The van der Waals surface area contributed by atoms with Crippen LogP contribution in [0.15, 0.2) is 6.07 Å². The lowest BCUT2D eigenvalue weighted by Crippen LogP contribution is -2.30. The predicted octanol–water partition coefficient (Wildman–Crippen LogP) is 1.97. The minimum atomic E-state index is 0.115. The lowest BCUT2D eigenvalue weighted by atomic mass is 10.1. The van der Waals surface area contributed by atoms with Gasteiger partial charge in [0.25, 0.3) is 0 Å². The summed E-state index contributed by atoms with van der Waals surface area (Å²) >= 11 is 0. The fourth-order valence-electron chi connectivity index (χ4n) is 2.32. The number of nitrogens with two attached hydrogens (primary N) is 1. The summed E-state index contributed by atoms with van der Waals surface area (Å²) in [4.78, 5) is 6.87. The third-order valence-corrected chi connectivity index (χ3v) is 3.20. The van der Waals surface area contributed by atoms with Crippen molar-refractivity contribution in [3.05, 3.63) is 22.9 Å². The van der Waals surface area contributed by atoms with Crippen LogP contribution >= 0.6 is 0 Å². The lowest BCUT2D eigenvalue weighted by Gasteiger charge is -2.25. The first-order valence-electron chi connectivity index (χ1n) is 6.13. The number of nitrogen functional groups attached to an aromatic ring is 1. The first-order chi connectivity index (χ1) is 8.04. The van der Waals surface area contributed by atoms with E-state index in [2.05, 4.69) is 16.8 Å². The Morgan fingerprint density at radius 3 is 2.65 bits per heavy atom. The molecule has 0 radical (unpaired) electrons. The normalized spacial score (nSPS) is 14.8. The average Bonchev–Trinajstić information content (AvgIpc) is 3.01. The number of hydrogen-bond acceptors (Lipinski definition) is 3. The molecule has 92 valence electrons. The largest absolute Gasteiger partial charge is 0.384 e. The van der Waals surface area contributed by atoms with Crippen LogP contribution in [0.3, 0.4) is 0 Å². The summed E-state index contributed by atoms with van der Waals surface area (Å²) in [6.45, 7) is 7.03. The Hall–Kier alpha value is -1.58. The van der Waals surface area contributed by atoms with Crippen molar-refractivity contribution in [3.8, 4) is 0 Å². The highest BCUT2D eigenvalue weighted by Gasteiger charge is 2.31. The number of nitrogens with one attached hydrogen (secondary N) is 1.